The highest BCUT2D eigenvalue weighted by molar-refractivity contribution is 7.94. The van der Waals surface area contributed by atoms with Crippen LogP contribution in [0.4, 0.5) is 10.1 Å². The Morgan fingerprint density at radius 2 is 1.79 bits per heavy atom. The van der Waals surface area contributed by atoms with Crippen molar-refractivity contribution in [2.75, 3.05) is 10.7 Å². The molecule has 1 heterocycles. The molecule has 0 saturated carbocycles. The van der Waals surface area contributed by atoms with Crippen LogP contribution in [-0.2, 0) is 9.84 Å². The number of benzene rings is 2. The van der Waals surface area contributed by atoms with Gasteiger partial charge in [0, 0.05) is 11.1 Å². The van der Waals surface area contributed by atoms with Crippen molar-refractivity contribution in [1.82, 2.24) is 0 Å². The Bertz CT molecular complexity index is 910. The summed E-state index contributed by atoms with van der Waals surface area (Å²) in [6, 6.07) is 11.1. The van der Waals surface area contributed by atoms with Crippen LogP contribution in [0, 0.1) is 5.82 Å². The summed E-state index contributed by atoms with van der Waals surface area (Å²) in [4.78, 5) is 14.3. The SMILES string of the molecule is O=C(c1ccccc1Cl)N(c1ccc(F)cc1)C1C=CS(=O)(=O)C1. The summed E-state index contributed by atoms with van der Waals surface area (Å²) in [5, 5.41) is 1.35. The van der Waals surface area contributed by atoms with Crippen LogP contribution in [0.3, 0.4) is 0 Å². The molecule has 1 amide bonds. The molecule has 0 saturated heterocycles. The second-order valence-electron chi connectivity index (χ2n) is 5.36. The Kier molecular flexibility index (Phi) is 4.43. The van der Waals surface area contributed by atoms with Gasteiger partial charge in [0.15, 0.2) is 9.84 Å². The standard InChI is InChI=1S/C17H13ClFNO3S/c18-16-4-2-1-3-15(16)17(21)20(13-7-5-12(19)6-8-13)14-9-10-24(22,23)11-14/h1-10,14H,11H2. The van der Waals surface area contributed by atoms with Crippen LogP contribution in [0.15, 0.2) is 60.0 Å². The van der Waals surface area contributed by atoms with Gasteiger partial charge in [0.2, 0.25) is 0 Å². The zero-order valence-corrected chi connectivity index (χ0v) is 14.0. The molecule has 1 aliphatic heterocycles. The number of rotatable bonds is 3. The minimum absolute atomic E-state index is 0.222. The number of nitrogens with zero attached hydrogens (tertiary/aromatic N) is 1. The first-order valence-electron chi connectivity index (χ1n) is 7.12. The Labute approximate surface area is 144 Å². The maximum absolute atomic E-state index is 13.2. The number of hydrogen-bond acceptors (Lipinski definition) is 3. The van der Waals surface area contributed by atoms with Gasteiger partial charge in [-0.15, -0.1) is 0 Å². The Hall–Kier alpha value is -2.18. The van der Waals surface area contributed by atoms with Gasteiger partial charge < -0.3 is 4.90 Å². The number of hydrogen-bond donors (Lipinski definition) is 0. The van der Waals surface area contributed by atoms with E-state index in [0.29, 0.717) is 5.69 Å². The first kappa shape index (κ1) is 16.7. The van der Waals surface area contributed by atoms with Crippen molar-refractivity contribution >= 4 is 33.0 Å². The van der Waals surface area contributed by atoms with E-state index in [1.807, 2.05) is 0 Å². The molecule has 24 heavy (non-hydrogen) atoms. The average Bonchev–Trinajstić information content (AvgIpc) is 2.89. The number of anilines is 1. The lowest BCUT2D eigenvalue weighted by molar-refractivity contribution is 0.0983. The van der Waals surface area contributed by atoms with Gasteiger partial charge in [-0.2, -0.15) is 0 Å². The average molecular weight is 366 g/mol. The lowest BCUT2D eigenvalue weighted by Crippen LogP contribution is -2.41. The monoisotopic (exact) mass is 365 g/mol. The summed E-state index contributed by atoms with van der Waals surface area (Å²) in [5.74, 6) is -1.11. The first-order chi connectivity index (χ1) is 11.4. The van der Waals surface area contributed by atoms with Gasteiger partial charge in [-0.25, -0.2) is 12.8 Å². The smallest absolute Gasteiger partial charge is 0.260 e. The van der Waals surface area contributed by atoms with Crippen molar-refractivity contribution in [1.29, 1.82) is 0 Å². The maximum atomic E-state index is 13.2. The molecule has 3 rings (SSSR count). The minimum atomic E-state index is -3.36. The van der Waals surface area contributed by atoms with Gasteiger partial charge in [0.1, 0.15) is 5.82 Å². The van der Waals surface area contributed by atoms with Gasteiger partial charge in [-0.05, 0) is 42.5 Å². The summed E-state index contributed by atoms with van der Waals surface area (Å²) < 4.78 is 36.7. The van der Waals surface area contributed by atoms with Crippen LogP contribution in [-0.4, -0.2) is 26.1 Å². The summed E-state index contributed by atoms with van der Waals surface area (Å²) in [6.45, 7) is 0. The van der Waals surface area contributed by atoms with Crippen LogP contribution in [0.1, 0.15) is 10.4 Å². The van der Waals surface area contributed by atoms with Crippen molar-refractivity contribution in [3.05, 3.63) is 76.4 Å². The fourth-order valence-electron chi connectivity index (χ4n) is 2.55. The van der Waals surface area contributed by atoms with Gasteiger partial charge >= 0.3 is 0 Å². The molecular weight excluding hydrogens is 353 g/mol. The van der Waals surface area contributed by atoms with Crippen LogP contribution >= 0.6 is 11.6 Å². The molecule has 4 nitrogen and oxygen atoms in total. The van der Waals surface area contributed by atoms with Crippen LogP contribution in [0.5, 0.6) is 0 Å². The molecule has 0 bridgehead atoms. The number of carbonyl (C=O) groups is 1. The molecule has 0 spiro atoms. The molecule has 7 heteroatoms. The number of carbonyl (C=O) groups excluding carboxylic acids is 1. The van der Waals surface area contributed by atoms with Crippen molar-refractivity contribution in [3.63, 3.8) is 0 Å². The molecule has 2 aromatic rings. The highest BCUT2D eigenvalue weighted by Crippen LogP contribution is 2.27. The van der Waals surface area contributed by atoms with Gasteiger partial charge in [-0.1, -0.05) is 23.7 Å². The van der Waals surface area contributed by atoms with E-state index in [1.54, 1.807) is 24.3 Å². The molecular formula is C17H13ClFNO3S. The predicted octanol–water partition coefficient (Wildman–Crippen LogP) is 3.44. The molecule has 1 aliphatic rings. The zero-order valence-electron chi connectivity index (χ0n) is 12.4. The largest absolute Gasteiger partial charge is 0.300 e. The number of halogens is 2. The lowest BCUT2D eigenvalue weighted by atomic mass is 10.1. The van der Waals surface area contributed by atoms with E-state index in [-0.39, 0.29) is 16.3 Å². The summed E-state index contributed by atoms with van der Waals surface area (Å²) in [7, 11) is -3.36. The van der Waals surface area contributed by atoms with Gasteiger partial charge in [0.05, 0.1) is 22.4 Å². The minimum Gasteiger partial charge on any atom is -0.300 e. The second-order valence-corrected chi connectivity index (χ2v) is 7.70. The van der Waals surface area contributed by atoms with E-state index in [0.717, 1.165) is 5.41 Å². The zero-order chi connectivity index (χ0) is 17.3. The lowest BCUT2D eigenvalue weighted by Gasteiger charge is -2.28. The van der Waals surface area contributed by atoms with Gasteiger partial charge in [0.25, 0.3) is 5.91 Å². The molecule has 0 aliphatic carbocycles. The van der Waals surface area contributed by atoms with Crippen molar-refractivity contribution in [3.8, 4) is 0 Å². The third-order valence-electron chi connectivity index (χ3n) is 3.67. The highest BCUT2D eigenvalue weighted by atomic mass is 35.5. The van der Waals surface area contributed by atoms with Crippen molar-refractivity contribution < 1.29 is 17.6 Å². The molecule has 0 radical (unpaired) electrons. The fraction of sp³-hybridized carbons (Fsp3) is 0.118. The summed E-state index contributed by atoms with van der Waals surface area (Å²) >= 11 is 6.09. The first-order valence-corrected chi connectivity index (χ1v) is 9.21. The second kappa shape index (κ2) is 6.37. The van der Waals surface area contributed by atoms with Gasteiger partial charge in [-0.3, -0.25) is 4.79 Å². The third kappa shape index (κ3) is 3.34. The van der Waals surface area contributed by atoms with E-state index in [9.17, 15) is 17.6 Å². The number of sulfone groups is 1. The Morgan fingerprint density at radius 3 is 2.38 bits per heavy atom. The molecule has 0 aromatic heterocycles. The van der Waals surface area contributed by atoms with Crippen LogP contribution in [0.2, 0.25) is 5.02 Å². The van der Waals surface area contributed by atoms with E-state index >= 15 is 0 Å². The third-order valence-corrected chi connectivity index (χ3v) is 5.38. The Morgan fingerprint density at radius 1 is 1.12 bits per heavy atom. The predicted molar refractivity (Wildman–Crippen MR) is 91.4 cm³/mol. The summed E-state index contributed by atoms with van der Waals surface area (Å²) in [6.07, 6.45) is 1.45. The molecule has 0 N–H and O–H groups in total. The normalized spacial score (nSPS) is 18.5. The van der Waals surface area contributed by atoms with Crippen LogP contribution in [0.25, 0.3) is 0 Å². The molecule has 1 atom stereocenters. The van der Waals surface area contributed by atoms with E-state index in [2.05, 4.69) is 0 Å². The Balaban J connectivity index is 2.05. The summed E-state index contributed by atoms with van der Waals surface area (Å²) in [5.41, 5.74) is 0.647. The molecule has 2 aromatic carbocycles. The highest BCUT2D eigenvalue weighted by Gasteiger charge is 2.32. The molecule has 124 valence electrons. The molecule has 0 fully saturated rings. The van der Waals surface area contributed by atoms with Crippen LogP contribution < -0.4 is 4.90 Å². The van der Waals surface area contributed by atoms with Crippen molar-refractivity contribution in [2.24, 2.45) is 0 Å². The van der Waals surface area contributed by atoms with E-state index < -0.39 is 27.6 Å². The molecule has 1 unspecified atom stereocenters. The number of amides is 1. The van der Waals surface area contributed by atoms with E-state index in [4.69, 9.17) is 11.6 Å². The topological polar surface area (TPSA) is 54.5 Å². The fourth-order valence-corrected chi connectivity index (χ4v) is 4.03. The quantitative estimate of drug-likeness (QED) is 0.837. The van der Waals surface area contributed by atoms with E-state index in [1.165, 1.54) is 35.2 Å². The van der Waals surface area contributed by atoms with Crippen molar-refractivity contribution in [2.45, 2.75) is 6.04 Å². The maximum Gasteiger partial charge on any atom is 0.260 e.